The van der Waals surface area contributed by atoms with Gasteiger partial charge in [-0.25, -0.2) is 9.36 Å². The Labute approximate surface area is 150 Å². The van der Waals surface area contributed by atoms with Crippen LogP contribution in [0.5, 0.6) is 5.75 Å². The molecule has 1 N–H and O–H groups in total. The van der Waals surface area contributed by atoms with Crippen LogP contribution in [0.2, 0.25) is 0 Å². The fourth-order valence-electron chi connectivity index (χ4n) is 2.44. The number of methoxy groups -OCH3 is 1. The van der Waals surface area contributed by atoms with E-state index in [-0.39, 0.29) is 18.0 Å². The van der Waals surface area contributed by atoms with E-state index < -0.39 is 0 Å². The molecule has 0 unspecified atom stereocenters. The van der Waals surface area contributed by atoms with Crippen molar-refractivity contribution in [2.75, 3.05) is 13.7 Å². The number of rotatable bonds is 7. The number of nitrogens with one attached hydrogen (secondary N) is 1. The van der Waals surface area contributed by atoms with E-state index in [0.717, 1.165) is 16.0 Å². The number of ether oxygens (including phenoxy) is 1. The van der Waals surface area contributed by atoms with Gasteiger partial charge in [0.25, 0.3) is 5.56 Å². The van der Waals surface area contributed by atoms with E-state index in [1.807, 2.05) is 24.3 Å². The van der Waals surface area contributed by atoms with Crippen LogP contribution in [-0.4, -0.2) is 39.1 Å². The van der Waals surface area contributed by atoms with Gasteiger partial charge in [-0.15, -0.1) is 5.10 Å². The quantitative estimate of drug-likeness (QED) is 0.678. The lowest BCUT2D eigenvalue weighted by Gasteiger charge is -2.09. The molecule has 0 radical (unpaired) electrons. The fraction of sp³-hybridized carbons (Fsp3) is 0.222. The molecule has 0 atom stereocenters. The molecule has 0 saturated heterocycles. The van der Waals surface area contributed by atoms with Crippen LogP contribution >= 0.6 is 0 Å². The second kappa shape index (κ2) is 8.11. The molecule has 0 aliphatic heterocycles. The van der Waals surface area contributed by atoms with Crippen molar-refractivity contribution in [2.45, 2.75) is 13.0 Å². The number of carbonyl (C=O) groups is 1. The zero-order valence-electron chi connectivity index (χ0n) is 14.3. The third kappa shape index (κ3) is 4.35. The predicted octanol–water partition coefficient (Wildman–Crippen LogP) is 0.796. The highest BCUT2D eigenvalue weighted by atomic mass is 16.5. The van der Waals surface area contributed by atoms with Crippen LogP contribution < -0.4 is 15.6 Å². The van der Waals surface area contributed by atoms with Gasteiger partial charge in [0.05, 0.1) is 7.11 Å². The lowest BCUT2D eigenvalue weighted by atomic mass is 10.1. The molecular weight excluding hydrogens is 334 g/mol. The van der Waals surface area contributed by atoms with Crippen LogP contribution in [-0.2, 0) is 17.8 Å². The molecule has 0 aliphatic rings. The maximum absolute atomic E-state index is 12.1. The van der Waals surface area contributed by atoms with Gasteiger partial charge in [-0.05, 0) is 36.2 Å². The van der Waals surface area contributed by atoms with Crippen molar-refractivity contribution in [2.24, 2.45) is 0 Å². The summed E-state index contributed by atoms with van der Waals surface area (Å²) in [6.07, 6.45) is 3.99. The number of hydrogen-bond donors (Lipinski definition) is 1. The molecule has 8 heteroatoms. The Kier molecular flexibility index (Phi) is 5.43. The second-order valence-electron chi connectivity index (χ2n) is 5.59. The van der Waals surface area contributed by atoms with Crippen LogP contribution in [0.25, 0.3) is 5.82 Å². The summed E-state index contributed by atoms with van der Waals surface area (Å²) in [7, 11) is 1.61. The fourth-order valence-corrected chi connectivity index (χ4v) is 2.44. The van der Waals surface area contributed by atoms with E-state index in [9.17, 15) is 9.59 Å². The molecule has 0 saturated carbocycles. The Bertz CT molecular complexity index is 934. The predicted molar refractivity (Wildman–Crippen MR) is 95.3 cm³/mol. The van der Waals surface area contributed by atoms with E-state index in [1.54, 1.807) is 31.6 Å². The van der Waals surface area contributed by atoms with Gasteiger partial charge in [-0.3, -0.25) is 9.59 Å². The molecule has 0 aliphatic carbocycles. The van der Waals surface area contributed by atoms with Crippen molar-refractivity contribution in [3.63, 3.8) is 0 Å². The van der Waals surface area contributed by atoms with Crippen molar-refractivity contribution in [3.05, 3.63) is 70.8 Å². The standard InChI is InChI=1S/C18H19N5O3/c1-26-15-5-2-4-14(12-15)8-10-19-17(24)13-23-18(25)7-6-16(21-23)22-11-3-9-20-22/h2-7,9,11-12H,8,10,13H2,1H3,(H,19,24). The van der Waals surface area contributed by atoms with Crippen molar-refractivity contribution < 1.29 is 9.53 Å². The van der Waals surface area contributed by atoms with Crippen LogP contribution in [0.4, 0.5) is 0 Å². The highest BCUT2D eigenvalue weighted by Gasteiger charge is 2.08. The van der Waals surface area contributed by atoms with Crippen LogP contribution in [0.3, 0.4) is 0 Å². The monoisotopic (exact) mass is 353 g/mol. The first-order chi connectivity index (χ1) is 12.7. The SMILES string of the molecule is COc1cccc(CCNC(=O)Cn2nc(-n3cccn3)ccc2=O)c1. The molecular formula is C18H19N5O3. The second-order valence-corrected chi connectivity index (χ2v) is 5.59. The molecule has 1 amide bonds. The Morgan fingerprint density at radius 1 is 1.23 bits per heavy atom. The topological polar surface area (TPSA) is 91.0 Å². The number of amides is 1. The van der Waals surface area contributed by atoms with Crippen LogP contribution in [0.15, 0.2) is 59.7 Å². The molecule has 3 aromatic rings. The van der Waals surface area contributed by atoms with Crippen molar-refractivity contribution in [3.8, 4) is 11.6 Å². The summed E-state index contributed by atoms with van der Waals surface area (Å²) in [6, 6.07) is 12.3. The van der Waals surface area contributed by atoms with Crippen molar-refractivity contribution in [1.82, 2.24) is 24.9 Å². The first kappa shape index (κ1) is 17.4. The third-order valence-electron chi connectivity index (χ3n) is 3.76. The Morgan fingerprint density at radius 3 is 2.88 bits per heavy atom. The van der Waals surface area contributed by atoms with Gasteiger partial charge in [-0.1, -0.05) is 12.1 Å². The molecule has 0 fully saturated rings. The van der Waals surface area contributed by atoms with Gasteiger partial charge in [0.15, 0.2) is 5.82 Å². The maximum atomic E-state index is 12.1. The minimum atomic E-state index is -0.344. The Hall–Kier alpha value is -3.42. The average molecular weight is 353 g/mol. The first-order valence-electron chi connectivity index (χ1n) is 8.13. The lowest BCUT2D eigenvalue weighted by molar-refractivity contribution is -0.121. The van der Waals surface area contributed by atoms with Crippen molar-refractivity contribution in [1.29, 1.82) is 0 Å². The van der Waals surface area contributed by atoms with E-state index >= 15 is 0 Å². The number of aromatic nitrogens is 4. The van der Waals surface area contributed by atoms with E-state index in [2.05, 4.69) is 15.5 Å². The smallest absolute Gasteiger partial charge is 0.267 e. The molecule has 0 bridgehead atoms. The summed E-state index contributed by atoms with van der Waals surface area (Å²) in [4.78, 5) is 24.0. The number of nitrogens with zero attached hydrogens (tertiary/aromatic N) is 4. The van der Waals surface area contributed by atoms with Gasteiger partial charge in [0.1, 0.15) is 12.3 Å². The van der Waals surface area contributed by atoms with Gasteiger partial charge < -0.3 is 10.1 Å². The van der Waals surface area contributed by atoms with Gasteiger partial charge >= 0.3 is 0 Å². The lowest BCUT2D eigenvalue weighted by Crippen LogP contribution is -2.34. The highest BCUT2D eigenvalue weighted by molar-refractivity contribution is 5.75. The Balaban J connectivity index is 1.58. The van der Waals surface area contributed by atoms with Gasteiger partial charge in [0, 0.05) is 25.0 Å². The van der Waals surface area contributed by atoms with E-state index in [1.165, 1.54) is 10.7 Å². The molecule has 2 heterocycles. The van der Waals surface area contributed by atoms with Crippen LogP contribution in [0.1, 0.15) is 5.56 Å². The highest BCUT2D eigenvalue weighted by Crippen LogP contribution is 2.12. The Morgan fingerprint density at radius 2 is 2.12 bits per heavy atom. The minimum Gasteiger partial charge on any atom is -0.497 e. The zero-order valence-corrected chi connectivity index (χ0v) is 14.3. The summed E-state index contributed by atoms with van der Waals surface area (Å²) < 4.78 is 7.82. The molecule has 2 aromatic heterocycles. The molecule has 134 valence electrons. The molecule has 0 spiro atoms. The average Bonchev–Trinajstić information content (AvgIpc) is 3.18. The van der Waals surface area contributed by atoms with Gasteiger partial charge in [0.2, 0.25) is 5.91 Å². The first-order valence-corrected chi connectivity index (χ1v) is 8.13. The van der Waals surface area contributed by atoms with Gasteiger partial charge in [-0.2, -0.15) is 5.10 Å². The number of carbonyl (C=O) groups excluding carboxylic acids is 1. The van der Waals surface area contributed by atoms with Crippen molar-refractivity contribution >= 4 is 5.91 Å². The molecule has 26 heavy (non-hydrogen) atoms. The summed E-state index contributed by atoms with van der Waals surface area (Å²) in [5.74, 6) is 0.971. The maximum Gasteiger partial charge on any atom is 0.267 e. The largest absolute Gasteiger partial charge is 0.497 e. The summed E-state index contributed by atoms with van der Waals surface area (Å²) in [5.41, 5.74) is 0.712. The van der Waals surface area contributed by atoms with Crippen LogP contribution in [0, 0.1) is 0 Å². The molecule has 8 nitrogen and oxygen atoms in total. The molecule has 1 aromatic carbocycles. The minimum absolute atomic E-state index is 0.147. The summed E-state index contributed by atoms with van der Waals surface area (Å²) in [5, 5.41) is 11.0. The van der Waals surface area contributed by atoms with E-state index in [4.69, 9.17) is 4.74 Å². The number of benzene rings is 1. The summed E-state index contributed by atoms with van der Waals surface area (Å²) >= 11 is 0. The third-order valence-corrected chi connectivity index (χ3v) is 3.76. The normalized spacial score (nSPS) is 10.5. The molecule has 3 rings (SSSR count). The zero-order chi connectivity index (χ0) is 18.4. The number of hydrogen-bond acceptors (Lipinski definition) is 5. The van der Waals surface area contributed by atoms with E-state index in [0.29, 0.717) is 18.8 Å². The summed E-state index contributed by atoms with van der Waals surface area (Å²) in [6.45, 7) is 0.311.